The molecule has 12 heteroatoms. The molecule has 0 radical (unpaired) electrons. The number of nitrogens with one attached hydrogen (secondary N) is 1. The first-order valence-corrected chi connectivity index (χ1v) is 10.1. The number of amides is 1. The summed E-state index contributed by atoms with van der Waals surface area (Å²) in [7, 11) is 0. The highest BCUT2D eigenvalue weighted by atomic mass is 35.5. The van der Waals surface area contributed by atoms with Crippen molar-refractivity contribution in [2.24, 2.45) is 0 Å². The van der Waals surface area contributed by atoms with Crippen LogP contribution in [0.1, 0.15) is 31.0 Å². The molecule has 174 valence electrons. The van der Waals surface area contributed by atoms with E-state index in [-0.39, 0.29) is 35.9 Å². The van der Waals surface area contributed by atoms with Crippen LogP contribution in [0.2, 0.25) is 5.02 Å². The lowest BCUT2D eigenvalue weighted by molar-refractivity contribution is -0.164. The van der Waals surface area contributed by atoms with Crippen molar-refractivity contribution in [3.05, 3.63) is 53.1 Å². The molecule has 2 unspecified atom stereocenters. The zero-order chi connectivity index (χ0) is 23.5. The van der Waals surface area contributed by atoms with E-state index >= 15 is 0 Å². The van der Waals surface area contributed by atoms with Crippen LogP contribution >= 0.6 is 11.6 Å². The molecule has 0 saturated carbocycles. The number of benzene rings is 1. The Morgan fingerprint density at radius 2 is 2.16 bits per heavy atom. The van der Waals surface area contributed by atoms with Crippen molar-refractivity contribution in [2.45, 2.75) is 37.9 Å². The Labute approximate surface area is 186 Å². The van der Waals surface area contributed by atoms with Crippen LogP contribution in [0.15, 0.2) is 34.9 Å². The molecule has 2 aromatic rings. The Morgan fingerprint density at radius 3 is 2.81 bits per heavy atom. The predicted molar refractivity (Wildman–Crippen MR) is 107 cm³/mol. The van der Waals surface area contributed by atoms with Gasteiger partial charge in [-0.1, -0.05) is 18.2 Å². The Kier molecular flexibility index (Phi) is 7.40. The second kappa shape index (κ2) is 9.86. The van der Waals surface area contributed by atoms with Crippen molar-refractivity contribution in [1.29, 1.82) is 0 Å². The average Bonchev–Trinajstić information content (AvgIpc) is 3.17. The number of hydrogen-bond acceptors (Lipinski definition) is 6. The van der Waals surface area contributed by atoms with E-state index in [1.807, 2.05) is 0 Å². The lowest BCUT2D eigenvalue weighted by atomic mass is 9.90. The number of carbonyl (C=O) groups excluding carboxylic acids is 1. The summed E-state index contributed by atoms with van der Waals surface area (Å²) in [6, 6.07) is 3.47. The standard InChI is InChI=1S/C20H21ClF4N4O3/c1-11(26-17(30)9-31-13-4-5-15(21)16(22)7-13)3-6-18-27-28-19(32-18)14-8-29(12(14)2)10-20(23,24)25/h4-5,7,12,14H,1,3,6,8-10H2,2H3,(H,26,30). The summed E-state index contributed by atoms with van der Waals surface area (Å²) in [6.45, 7) is 4.31. The van der Waals surface area contributed by atoms with Crippen LogP contribution in [0.3, 0.4) is 0 Å². The third-order valence-electron chi connectivity index (χ3n) is 4.99. The molecule has 2 atom stereocenters. The van der Waals surface area contributed by atoms with Gasteiger partial charge in [0.15, 0.2) is 6.61 Å². The maximum Gasteiger partial charge on any atom is 0.401 e. The molecule has 1 aliphatic rings. The predicted octanol–water partition coefficient (Wildman–Crippen LogP) is 3.85. The first kappa shape index (κ1) is 24.0. The molecule has 1 aromatic heterocycles. The van der Waals surface area contributed by atoms with Gasteiger partial charge in [-0.2, -0.15) is 13.2 Å². The van der Waals surface area contributed by atoms with E-state index in [4.69, 9.17) is 20.8 Å². The summed E-state index contributed by atoms with van der Waals surface area (Å²) in [5, 5.41) is 10.3. The van der Waals surface area contributed by atoms with Gasteiger partial charge in [-0.25, -0.2) is 4.39 Å². The summed E-state index contributed by atoms with van der Waals surface area (Å²) in [4.78, 5) is 13.2. The smallest absolute Gasteiger partial charge is 0.401 e. The second-order valence-corrected chi connectivity index (χ2v) is 7.85. The number of alkyl halides is 3. The number of halogens is 5. The number of rotatable bonds is 9. The van der Waals surface area contributed by atoms with E-state index in [0.29, 0.717) is 30.3 Å². The van der Waals surface area contributed by atoms with Crippen molar-refractivity contribution in [2.75, 3.05) is 19.7 Å². The molecular formula is C20H21ClF4N4O3. The van der Waals surface area contributed by atoms with Crippen LogP contribution in [0.4, 0.5) is 17.6 Å². The summed E-state index contributed by atoms with van der Waals surface area (Å²) in [5.41, 5.74) is 0.383. The molecule has 1 fully saturated rings. The fourth-order valence-electron chi connectivity index (χ4n) is 3.20. The van der Waals surface area contributed by atoms with Gasteiger partial charge in [-0.05, 0) is 25.5 Å². The number of aromatic nitrogens is 2. The second-order valence-electron chi connectivity index (χ2n) is 7.44. The summed E-state index contributed by atoms with van der Waals surface area (Å²) >= 11 is 5.58. The Balaban J connectivity index is 1.39. The van der Waals surface area contributed by atoms with Gasteiger partial charge in [0.1, 0.15) is 11.6 Å². The molecule has 1 saturated heterocycles. The number of allylic oxidation sites excluding steroid dienone is 1. The fourth-order valence-corrected chi connectivity index (χ4v) is 3.32. The van der Waals surface area contributed by atoms with Gasteiger partial charge in [0.05, 0.1) is 17.5 Å². The molecular weight excluding hydrogens is 456 g/mol. The van der Waals surface area contributed by atoms with Gasteiger partial charge < -0.3 is 14.5 Å². The van der Waals surface area contributed by atoms with E-state index in [0.717, 1.165) is 6.07 Å². The highest BCUT2D eigenvalue weighted by Crippen LogP contribution is 2.35. The zero-order valence-corrected chi connectivity index (χ0v) is 17.8. The van der Waals surface area contributed by atoms with E-state index in [9.17, 15) is 22.4 Å². The minimum absolute atomic E-state index is 0.0511. The van der Waals surface area contributed by atoms with E-state index < -0.39 is 24.4 Å². The van der Waals surface area contributed by atoms with Crippen molar-refractivity contribution < 1.29 is 31.5 Å². The molecule has 32 heavy (non-hydrogen) atoms. The lowest BCUT2D eigenvalue weighted by Crippen LogP contribution is -2.55. The van der Waals surface area contributed by atoms with Crippen LogP contribution in [-0.2, 0) is 11.2 Å². The third kappa shape index (κ3) is 6.42. The Bertz CT molecular complexity index is 982. The number of carbonyl (C=O) groups is 1. The SMILES string of the molecule is C=C(CCc1nnc(C2CN(CC(F)(F)F)C2C)o1)NC(=O)COc1ccc(Cl)c(F)c1. The Hall–Kier alpha value is -2.66. The van der Waals surface area contributed by atoms with E-state index in [2.05, 4.69) is 22.1 Å². The molecule has 1 amide bonds. The van der Waals surface area contributed by atoms with Crippen LogP contribution in [-0.4, -0.2) is 52.9 Å². The topological polar surface area (TPSA) is 80.5 Å². The zero-order valence-electron chi connectivity index (χ0n) is 17.1. The van der Waals surface area contributed by atoms with Crippen molar-refractivity contribution in [1.82, 2.24) is 20.4 Å². The number of aryl methyl sites for hydroxylation is 1. The molecule has 1 aliphatic heterocycles. The van der Waals surface area contributed by atoms with Crippen LogP contribution in [0.5, 0.6) is 5.75 Å². The monoisotopic (exact) mass is 476 g/mol. The van der Waals surface area contributed by atoms with Crippen molar-refractivity contribution in [3.8, 4) is 5.75 Å². The Morgan fingerprint density at radius 1 is 1.41 bits per heavy atom. The molecule has 0 spiro atoms. The summed E-state index contributed by atoms with van der Waals surface area (Å²) in [5.74, 6) is -0.641. The fraction of sp³-hybridized carbons (Fsp3) is 0.450. The quantitative estimate of drug-likeness (QED) is 0.554. The molecule has 1 aromatic carbocycles. The largest absolute Gasteiger partial charge is 0.484 e. The molecule has 1 N–H and O–H groups in total. The number of hydrogen-bond donors (Lipinski definition) is 1. The van der Waals surface area contributed by atoms with Crippen LogP contribution in [0.25, 0.3) is 0 Å². The number of nitrogens with zero attached hydrogens (tertiary/aromatic N) is 3. The minimum atomic E-state index is -4.25. The van der Waals surface area contributed by atoms with Gasteiger partial charge in [0, 0.05) is 30.8 Å². The summed E-state index contributed by atoms with van der Waals surface area (Å²) < 4.78 is 61.6. The highest BCUT2D eigenvalue weighted by molar-refractivity contribution is 6.30. The number of ether oxygens (including phenoxy) is 1. The van der Waals surface area contributed by atoms with Gasteiger partial charge in [-0.15, -0.1) is 10.2 Å². The molecule has 2 heterocycles. The maximum absolute atomic E-state index is 13.4. The highest BCUT2D eigenvalue weighted by Gasteiger charge is 2.44. The number of likely N-dealkylation sites (tertiary alicyclic amines) is 1. The first-order valence-electron chi connectivity index (χ1n) is 9.70. The molecule has 0 bridgehead atoms. The van der Waals surface area contributed by atoms with Gasteiger partial charge in [0.25, 0.3) is 5.91 Å². The molecule has 7 nitrogen and oxygen atoms in total. The lowest BCUT2D eigenvalue weighted by Gasteiger charge is -2.44. The van der Waals surface area contributed by atoms with Crippen molar-refractivity contribution >= 4 is 17.5 Å². The average molecular weight is 477 g/mol. The van der Waals surface area contributed by atoms with Gasteiger partial charge in [0.2, 0.25) is 11.8 Å². The normalized spacial score (nSPS) is 18.8. The minimum Gasteiger partial charge on any atom is -0.484 e. The summed E-state index contributed by atoms with van der Waals surface area (Å²) in [6.07, 6.45) is -3.65. The van der Waals surface area contributed by atoms with Gasteiger partial charge in [-0.3, -0.25) is 9.69 Å². The van der Waals surface area contributed by atoms with E-state index in [1.54, 1.807) is 6.92 Å². The van der Waals surface area contributed by atoms with E-state index in [1.165, 1.54) is 17.0 Å². The van der Waals surface area contributed by atoms with Crippen LogP contribution < -0.4 is 10.1 Å². The molecule has 3 rings (SSSR count). The first-order chi connectivity index (χ1) is 15.0. The molecule has 0 aliphatic carbocycles. The van der Waals surface area contributed by atoms with Crippen LogP contribution in [0, 0.1) is 5.82 Å². The van der Waals surface area contributed by atoms with Gasteiger partial charge >= 0.3 is 6.18 Å². The maximum atomic E-state index is 13.4. The van der Waals surface area contributed by atoms with Crippen molar-refractivity contribution in [3.63, 3.8) is 0 Å². The third-order valence-corrected chi connectivity index (χ3v) is 5.30.